The van der Waals surface area contributed by atoms with Crippen LogP contribution in [0.5, 0.6) is 0 Å². The Kier molecular flexibility index (Phi) is 3.47. The predicted octanol–water partition coefficient (Wildman–Crippen LogP) is 9.95. The van der Waals surface area contributed by atoms with Gasteiger partial charge in [-0.2, -0.15) is 0 Å². The lowest BCUT2D eigenvalue weighted by Gasteiger charge is -2.08. The molecule has 9 rings (SSSR count). The molecule has 8 aromatic rings. The molecule has 0 saturated heterocycles. The molecule has 2 aromatic heterocycles. The van der Waals surface area contributed by atoms with E-state index in [9.17, 15) is 0 Å². The van der Waals surface area contributed by atoms with E-state index < -0.39 is 0 Å². The second kappa shape index (κ2) is 6.63. The first kappa shape index (κ1) is 18.9. The van der Waals surface area contributed by atoms with E-state index in [1.807, 2.05) is 11.3 Å². The molecule has 36 heavy (non-hydrogen) atoms. The topological polar surface area (TPSA) is 4.93 Å². The summed E-state index contributed by atoms with van der Waals surface area (Å²) in [5.74, 6) is 0. The first-order valence-corrected chi connectivity index (χ1v) is 13.2. The van der Waals surface area contributed by atoms with Crippen LogP contribution < -0.4 is 0 Å². The molecule has 1 aliphatic rings. The zero-order valence-corrected chi connectivity index (χ0v) is 20.1. The van der Waals surface area contributed by atoms with Gasteiger partial charge in [0.2, 0.25) is 0 Å². The standard InChI is InChI=1S/C34H19NS/c1-2-9-22-21(8-1)26-12-7-13-27-33(26)28(22)19-29-25-17-16-20(18-32(25)36-34(27)29)35-30-14-5-3-10-23(30)24-11-4-6-15-31(24)35/h1-19H. The van der Waals surface area contributed by atoms with E-state index in [-0.39, 0.29) is 0 Å². The fourth-order valence-corrected chi connectivity index (χ4v) is 7.67. The van der Waals surface area contributed by atoms with Crippen molar-refractivity contribution in [2.45, 2.75) is 0 Å². The molecule has 1 nitrogen and oxygen atoms in total. The van der Waals surface area contributed by atoms with Crippen LogP contribution in [0.2, 0.25) is 0 Å². The van der Waals surface area contributed by atoms with Crippen LogP contribution in [-0.2, 0) is 0 Å². The zero-order chi connectivity index (χ0) is 23.4. The Morgan fingerprint density at radius 2 is 1.08 bits per heavy atom. The molecule has 6 aromatic carbocycles. The van der Waals surface area contributed by atoms with Gasteiger partial charge < -0.3 is 4.57 Å². The number of thiophene rings is 1. The van der Waals surface area contributed by atoms with Gasteiger partial charge in [-0.1, -0.05) is 84.9 Å². The van der Waals surface area contributed by atoms with Crippen molar-refractivity contribution in [2.75, 3.05) is 0 Å². The predicted molar refractivity (Wildman–Crippen MR) is 156 cm³/mol. The van der Waals surface area contributed by atoms with E-state index in [2.05, 4.69) is 120 Å². The third-order valence-corrected chi connectivity index (χ3v) is 9.13. The first-order chi connectivity index (χ1) is 17.9. The quantitative estimate of drug-likeness (QED) is 0.223. The maximum absolute atomic E-state index is 2.44. The van der Waals surface area contributed by atoms with Crippen LogP contribution in [0.4, 0.5) is 0 Å². The van der Waals surface area contributed by atoms with Gasteiger partial charge >= 0.3 is 0 Å². The average molecular weight is 474 g/mol. The minimum atomic E-state index is 1.22. The largest absolute Gasteiger partial charge is 0.309 e. The molecule has 0 N–H and O–H groups in total. The summed E-state index contributed by atoms with van der Waals surface area (Å²) < 4.78 is 5.13. The van der Waals surface area contributed by atoms with Gasteiger partial charge in [0, 0.05) is 42.0 Å². The highest BCUT2D eigenvalue weighted by Crippen LogP contribution is 2.51. The van der Waals surface area contributed by atoms with E-state index in [1.165, 1.54) is 80.7 Å². The van der Waals surface area contributed by atoms with Crippen molar-refractivity contribution in [1.82, 2.24) is 4.57 Å². The van der Waals surface area contributed by atoms with Crippen molar-refractivity contribution in [3.63, 3.8) is 0 Å². The van der Waals surface area contributed by atoms with Crippen molar-refractivity contribution < 1.29 is 0 Å². The summed E-state index contributed by atoms with van der Waals surface area (Å²) in [6.07, 6.45) is 0. The molecule has 1 aliphatic carbocycles. The zero-order valence-electron chi connectivity index (χ0n) is 19.3. The van der Waals surface area contributed by atoms with E-state index in [0.29, 0.717) is 0 Å². The number of nitrogens with zero attached hydrogens (tertiary/aromatic N) is 1. The molecule has 166 valence electrons. The number of hydrogen-bond acceptors (Lipinski definition) is 1. The second-order valence-corrected chi connectivity index (χ2v) is 10.8. The summed E-state index contributed by atoms with van der Waals surface area (Å²) in [5.41, 5.74) is 9.16. The summed E-state index contributed by atoms with van der Waals surface area (Å²) in [4.78, 5) is 0. The molecule has 2 heteroatoms. The molecular weight excluding hydrogens is 454 g/mol. The Bertz CT molecular complexity index is 2160. The Hall–Kier alpha value is -4.40. The van der Waals surface area contributed by atoms with Gasteiger partial charge in [0.25, 0.3) is 0 Å². The number of hydrogen-bond donors (Lipinski definition) is 0. The minimum absolute atomic E-state index is 1.22. The van der Waals surface area contributed by atoms with E-state index in [1.54, 1.807) is 0 Å². The molecule has 0 amide bonds. The maximum Gasteiger partial charge on any atom is 0.0541 e. The Labute approximate surface area is 211 Å². The molecule has 0 aliphatic heterocycles. The summed E-state index contributed by atoms with van der Waals surface area (Å²) in [7, 11) is 0. The van der Waals surface area contributed by atoms with Gasteiger partial charge in [0.15, 0.2) is 0 Å². The van der Waals surface area contributed by atoms with Gasteiger partial charge in [0.05, 0.1) is 11.0 Å². The van der Waals surface area contributed by atoms with Gasteiger partial charge in [0.1, 0.15) is 0 Å². The van der Waals surface area contributed by atoms with Crippen LogP contribution in [0.3, 0.4) is 0 Å². The highest BCUT2D eigenvalue weighted by Gasteiger charge is 2.23. The first-order valence-electron chi connectivity index (χ1n) is 12.4. The fraction of sp³-hybridized carbons (Fsp3) is 0. The monoisotopic (exact) mass is 473 g/mol. The highest BCUT2D eigenvalue weighted by atomic mass is 32.1. The van der Waals surface area contributed by atoms with Crippen LogP contribution in [0, 0.1) is 0 Å². The maximum atomic E-state index is 2.44. The molecule has 0 fully saturated rings. The number of aromatic nitrogens is 1. The lowest BCUT2D eigenvalue weighted by molar-refractivity contribution is 1.19. The average Bonchev–Trinajstić information content (AvgIpc) is 3.58. The van der Waals surface area contributed by atoms with Gasteiger partial charge in [-0.05, 0) is 58.0 Å². The molecule has 0 spiro atoms. The molecule has 0 unspecified atom stereocenters. The summed E-state index contributed by atoms with van der Waals surface area (Å²) in [6.45, 7) is 0. The molecule has 0 radical (unpaired) electrons. The summed E-state index contributed by atoms with van der Waals surface area (Å²) >= 11 is 1.92. The van der Waals surface area contributed by atoms with Crippen molar-refractivity contribution in [1.29, 1.82) is 0 Å². The number of para-hydroxylation sites is 2. The van der Waals surface area contributed by atoms with Crippen molar-refractivity contribution in [3.8, 4) is 27.9 Å². The van der Waals surface area contributed by atoms with Crippen LogP contribution in [0.15, 0.2) is 115 Å². The molecular formula is C34H19NS. The van der Waals surface area contributed by atoms with Crippen molar-refractivity contribution in [2.24, 2.45) is 0 Å². The van der Waals surface area contributed by atoms with Crippen molar-refractivity contribution in [3.05, 3.63) is 115 Å². The molecule has 0 saturated carbocycles. The van der Waals surface area contributed by atoms with Crippen LogP contribution in [0.25, 0.3) is 80.7 Å². The smallest absolute Gasteiger partial charge is 0.0541 e. The molecule has 0 bridgehead atoms. The normalized spacial score (nSPS) is 12.4. The lowest BCUT2D eigenvalue weighted by atomic mass is 9.99. The van der Waals surface area contributed by atoms with Gasteiger partial charge in [-0.15, -0.1) is 11.3 Å². The molecule has 0 atom stereocenters. The van der Waals surface area contributed by atoms with Crippen LogP contribution in [-0.4, -0.2) is 4.57 Å². The number of rotatable bonds is 1. The summed E-state index contributed by atoms with van der Waals surface area (Å²) in [6, 6.07) is 42.5. The van der Waals surface area contributed by atoms with Crippen LogP contribution >= 0.6 is 11.3 Å². The Morgan fingerprint density at radius 1 is 0.444 bits per heavy atom. The Balaban J connectivity index is 1.37. The Morgan fingerprint density at radius 3 is 1.86 bits per heavy atom. The number of fused-ring (bicyclic) bond motifs is 10. The van der Waals surface area contributed by atoms with Crippen LogP contribution in [0.1, 0.15) is 0 Å². The van der Waals surface area contributed by atoms with Gasteiger partial charge in [-0.25, -0.2) is 0 Å². The third-order valence-electron chi connectivity index (χ3n) is 7.92. The minimum Gasteiger partial charge on any atom is -0.309 e. The summed E-state index contributed by atoms with van der Waals surface area (Å²) in [5, 5.41) is 8.07. The second-order valence-electron chi connectivity index (χ2n) is 9.73. The van der Waals surface area contributed by atoms with Crippen molar-refractivity contribution >= 4 is 64.1 Å². The van der Waals surface area contributed by atoms with E-state index in [4.69, 9.17) is 0 Å². The lowest BCUT2D eigenvalue weighted by Crippen LogP contribution is -1.92. The SMILES string of the molecule is c1ccc2c(c1)-c1cccc3c1c-2cc1c2ccc(-n4c5ccccc5c5ccccc54)cc2sc31. The van der Waals surface area contributed by atoms with Gasteiger partial charge in [-0.3, -0.25) is 0 Å². The molecule has 2 heterocycles. The fourth-order valence-electron chi connectivity index (χ4n) is 6.43. The number of benzene rings is 6. The van der Waals surface area contributed by atoms with E-state index >= 15 is 0 Å². The van der Waals surface area contributed by atoms with E-state index in [0.717, 1.165) is 0 Å². The highest BCUT2D eigenvalue weighted by molar-refractivity contribution is 7.26. The third kappa shape index (κ3) is 2.26.